The fourth-order valence-corrected chi connectivity index (χ4v) is 4.10. The van der Waals surface area contributed by atoms with E-state index in [1.807, 2.05) is 6.92 Å². The van der Waals surface area contributed by atoms with Gasteiger partial charge in [-0.3, -0.25) is 4.79 Å². The van der Waals surface area contributed by atoms with Crippen molar-refractivity contribution < 1.29 is 19.1 Å². The van der Waals surface area contributed by atoms with E-state index in [1.165, 1.54) is 12.1 Å². The maximum atomic E-state index is 14.3. The Morgan fingerprint density at radius 3 is 2.69 bits per heavy atom. The highest BCUT2D eigenvalue weighted by Gasteiger charge is 2.39. The predicted octanol–water partition coefficient (Wildman–Crippen LogP) is 3.17. The number of carboxylic acid groups (broad SMARTS) is 1. The Morgan fingerprint density at radius 2 is 2.03 bits per heavy atom. The molecule has 4 rings (SSSR count). The van der Waals surface area contributed by atoms with Crippen LogP contribution in [0.5, 0.6) is 0 Å². The first-order valence-electron chi connectivity index (χ1n) is 9.59. The Hall–Kier alpha value is -3.23. The second-order valence-corrected chi connectivity index (χ2v) is 7.45. The van der Waals surface area contributed by atoms with Crippen LogP contribution in [-0.2, 0) is 4.79 Å². The monoisotopic (exact) mass is 399 g/mol. The number of halogens is 1. The fraction of sp³-hybridized carbons (Fsp3) is 0.400. The van der Waals surface area contributed by atoms with Crippen LogP contribution in [0.2, 0.25) is 0 Å². The normalized spacial score (nSPS) is 19.4. The first-order chi connectivity index (χ1) is 13.9. The Labute approximate surface area is 167 Å². The third-order valence-corrected chi connectivity index (χ3v) is 5.64. The number of fused-ring (bicyclic) bond motifs is 1. The standard InChI is InChI=1S/C20H22FN5O3/c1-11-18(27)25(2)16-10-22-20(24-17(16)26(11)13-5-3-4-6-13)23-15-8-7-12(19(28)29)9-14(15)21/h7-11,13H,3-6H2,1-2H3,(H,28,29)(H,22,23,24)/t11-/m1/s1. The van der Waals surface area contributed by atoms with Crippen LogP contribution >= 0.6 is 0 Å². The summed E-state index contributed by atoms with van der Waals surface area (Å²) in [5, 5.41) is 11.8. The minimum atomic E-state index is -1.20. The molecule has 1 atom stereocenters. The summed E-state index contributed by atoms with van der Waals surface area (Å²) in [6, 6.07) is 3.49. The topological polar surface area (TPSA) is 98.7 Å². The zero-order chi connectivity index (χ0) is 20.7. The zero-order valence-electron chi connectivity index (χ0n) is 16.2. The van der Waals surface area contributed by atoms with E-state index in [-0.39, 0.29) is 35.2 Å². The summed E-state index contributed by atoms with van der Waals surface area (Å²) in [6.45, 7) is 1.87. The molecule has 1 saturated carbocycles. The van der Waals surface area contributed by atoms with Gasteiger partial charge in [0.1, 0.15) is 17.5 Å². The lowest BCUT2D eigenvalue weighted by atomic mass is 10.1. The maximum absolute atomic E-state index is 14.3. The number of hydrogen-bond acceptors (Lipinski definition) is 6. The van der Waals surface area contributed by atoms with Crippen molar-refractivity contribution in [1.82, 2.24) is 9.97 Å². The Balaban J connectivity index is 1.69. The highest BCUT2D eigenvalue weighted by atomic mass is 19.1. The average molecular weight is 399 g/mol. The summed E-state index contributed by atoms with van der Waals surface area (Å²) < 4.78 is 14.3. The van der Waals surface area contributed by atoms with Crippen LogP contribution in [-0.4, -0.2) is 46.1 Å². The molecular weight excluding hydrogens is 377 g/mol. The Bertz CT molecular complexity index is 977. The van der Waals surface area contributed by atoms with Gasteiger partial charge in [-0.25, -0.2) is 14.2 Å². The molecule has 0 unspecified atom stereocenters. The lowest BCUT2D eigenvalue weighted by Crippen LogP contribution is -2.54. The molecule has 0 spiro atoms. The highest BCUT2D eigenvalue weighted by Crippen LogP contribution is 2.39. The lowest BCUT2D eigenvalue weighted by molar-refractivity contribution is -0.119. The SMILES string of the molecule is C[C@@H]1C(=O)N(C)c2cnc(Nc3ccc(C(=O)O)cc3F)nc2N1C1CCCC1. The third kappa shape index (κ3) is 3.37. The number of amides is 1. The molecule has 0 bridgehead atoms. The quantitative estimate of drug-likeness (QED) is 0.815. The van der Waals surface area contributed by atoms with Gasteiger partial charge in [0.25, 0.3) is 0 Å². The van der Waals surface area contributed by atoms with Crippen LogP contribution in [0.25, 0.3) is 0 Å². The molecule has 0 saturated heterocycles. The van der Waals surface area contributed by atoms with Gasteiger partial charge in [-0.05, 0) is 38.0 Å². The molecule has 1 aliphatic heterocycles. The van der Waals surface area contributed by atoms with Crippen molar-refractivity contribution in [2.45, 2.75) is 44.7 Å². The third-order valence-electron chi connectivity index (χ3n) is 5.64. The number of rotatable bonds is 4. The molecule has 29 heavy (non-hydrogen) atoms. The van der Waals surface area contributed by atoms with Gasteiger partial charge in [-0.2, -0.15) is 4.98 Å². The number of aromatic nitrogens is 2. The smallest absolute Gasteiger partial charge is 0.335 e. The van der Waals surface area contributed by atoms with Crippen molar-refractivity contribution >= 4 is 35.0 Å². The first kappa shape index (κ1) is 19.1. The molecule has 2 aromatic rings. The van der Waals surface area contributed by atoms with Gasteiger partial charge in [0.05, 0.1) is 17.4 Å². The zero-order valence-corrected chi connectivity index (χ0v) is 16.2. The van der Waals surface area contributed by atoms with E-state index in [0.717, 1.165) is 31.7 Å². The molecule has 1 amide bonds. The van der Waals surface area contributed by atoms with E-state index in [4.69, 9.17) is 5.11 Å². The highest BCUT2D eigenvalue weighted by molar-refractivity contribution is 6.04. The number of likely N-dealkylation sites (N-methyl/N-ethyl adjacent to an activating group) is 1. The van der Waals surface area contributed by atoms with Gasteiger partial charge in [-0.15, -0.1) is 0 Å². The number of carbonyl (C=O) groups excluding carboxylic acids is 1. The molecule has 1 fully saturated rings. The predicted molar refractivity (Wildman–Crippen MR) is 106 cm³/mol. The van der Waals surface area contributed by atoms with Crippen LogP contribution in [0.15, 0.2) is 24.4 Å². The minimum absolute atomic E-state index is 0.0102. The molecule has 1 aromatic heterocycles. The van der Waals surface area contributed by atoms with Gasteiger partial charge in [0.2, 0.25) is 11.9 Å². The second kappa shape index (κ2) is 7.31. The summed E-state index contributed by atoms with van der Waals surface area (Å²) in [5.74, 6) is -1.09. The summed E-state index contributed by atoms with van der Waals surface area (Å²) in [7, 11) is 1.70. The van der Waals surface area contributed by atoms with Gasteiger partial charge in [0, 0.05) is 13.1 Å². The lowest BCUT2D eigenvalue weighted by Gasteiger charge is -2.42. The van der Waals surface area contributed by atoms with Crippen molar-refractivity contribution in [3.63, 3.8) is 0 Å². The molecule has 152 valence electrons. The van der Waals surface area contributed by atoms with E-state index in [1.54, 1.807) is 18.1 Å². The van der Waals surface area contributed by atoms with Crippen LogP contribution in [0.3, 0.4) is 0 Å². The number of carboxylic acids is 1. The van der Waals surface area contributed by atoms with Crippen LogP contribution in [0, 0.1) is 5.82 Å². The number of nitrogens with one attached hydrogen (secondary N) is 1. The second-order valence-electron chi connectivity index (χ2n) is 7.45. The van der Waals surface area contributed by atoms with E-state index >= 15 is 0 Å². The molecule has 9 heteroatoms. The van der Waals surface area contributed by atoms with Crippen LogP contribution in [0.4, 0.5) is 27.5 Å². The largest absolute Gasteiger partial charge is 0.478 e. The van der Waals surface area contributed by atoms with Gasteiger partial charge in [0.15, 0.2) is 5.82 Å². The van der Waals surface area contributed by atoms with E-state index < -0.39 is 11.8 Å². The van der Waals surface area contributed by atoms with Crippen molar-refractivity contribution in [3.05, 3.63) is 35.8 Å². The number of hydrogen-bond donors (Lipinski definition) is 2. The van der Waals surface area contributed by atoms with Gasteiger partial charge in [-0.1, -0.05) is 12.8 Å². The number of nitrogens with zero attached hydrogens (tertiary/aromatic N) is 4. The number of carbonyl (C=O) groups is 2. The van der Waals surface area contributed by atoms with Crippen molar-refractivity contribution in [3.8, 4) is 0 Å². The first-order valence-corrected chi connectivity index (χ1v) is 9.59. The van der Waals surface area contributed by atoms with Crippen LogP contribution < -0.4 is 15.1 Å². The Morgan fingerprint density at radius 1 is 1.31 bits per heavy atom. The number of aromatic carboxylic acids is 1. The van der Waals surface area contributed by atoms with Gasteiger partial charge < -0.3 is 20.2 Å². The summed E-state index contributed by atoms with van der Waals surface area (Å²) >= 11 is 0. The number of benzene rings is 1. The number of anilines is 4. The molecule has 0 radical (unpaired) electrons. The van der Waals surface area contributed by atoms with Crippen molar-refractivity contribution in [2.75, 3.05) is 22.2 Å². The molecule has 2 N–H and O–H groups in total. The van der Waals surface area contributed by atoms with E-state index in [9.17, 15) is 14.0 Å². The van der Waals surface area contributed by atoms with E-state index in [0.29, 0.717) is 11.5 Å². The fourth-order valence-electron chi connectivity index (χ4n) is 4.10. The molecule has 1 aromatic carbocycles. The molecular formula is C20H22FN5O3. The average Bonchev–Trinajstić information content (AvgIpc) is 3.22. The summed E-state index contributed by atoms with van der Waals surface area (Å²) in [6.07, 6.45) is 5.78. The van der Waals surface area contributed by atoms with Crippen molar-refractivity contribution in [1.29, 1.82) is 0 Å². The van der Waals surface area contributed by atoms with Crippen LogP contribution in [0.1, 0.15) is 43.0 Å². The van der Waals surface area contributed by atoms with E-state index in [2.05, 4.69) is 20.2 Å². The van der Waals surface area contributed by atoms with Gasteiger partial charge >= 0.3 is 5.97 Å². The summed E-state index contributed by atoms with van der Waals surface area (Å²) in [5.41, 5.74) is 0.559. The molecule has 2 aliphatic rings. The van der Waals surface area contributed by atoms with Crippen molar-refractivity contribution in [2.24, 2.45) is 0 Å². The molecule has 2 heterocycles. The minimum Gasteiger partial charge on any atom is -0.478 e. The molecule has 8 nitrogen and oxygen atoms in total. The maximum Gasteiger partial charge on any atom is 0.335 e. The molecule has 1 aliphatic carbocycles. The Kier molecular flexibility index (Phi) is 4.81. The summed E-state index contributed by atoms with van der Waals surface area (Å²) in [4.78, 5) is 36.1.